The molecule has 0 aliphatic carbocycles. The van der Waals surface area contributed by atoms with Gasteiger partial charge in [-0.05, 0) is 0 Å². The van der Waals surface area contributed by atoms with E-state index in [0.29, 0.717) is 0 Å². The SMILES string of the molecule is CS(=O)(=O)OCCC1OC(CCOS(C)(=O)=O)OC(CCOS(C)(=O)=O)O1. The summed E-state index contributed by atoms with van der Waals surface area (Å²) >= 11 is 0. The normalized spacial score (nSPS) is 24.8. The Hall–Kier alpha value is -0.390. The second-order valence-electron chi connectivity index (χ2n) is 5.64. The minimum atomic E-state index is -3.63. The van der Waals surface area contributed by atoms with Gasteiger partial charge in [0.2, 0.25) is 0 Å². The second kappa shape index (κ2) is 10.4. The molecule has 1 aliphatic heterocycles. The maximum Gasteiger partial charge on any atom is 0.264 e. The van der Waals surface area contributed by atoms with Gasteiger partial charge in [0.05, 0.1) is 38.6 Å². The highest BCUT2D eigenvalue weighted by Gasteiger charge is 2.31. The quantitative estimate of drug-likeness (QED) is 0.335. The summed E-state index contributed by atoms with van der Waals surface area (Å²) in [6, 6.07) is 0. The van der Waals surface area contributed by atoms with Crippen molar-refractivity contribution in [3.63, 3.8) is 0 Å². The summed E-state index contributed by atoms with van der Waals surface area (Å²) in [5.74, 6) is 0. The molecule has 0 aromatic heterocycles. The number of rotatable bonds is 12. The van der Waals surface area contributed by atoms with Gasteiger partial charge in [0.1, 0.15) is 0 Å². The maximum atomic E-state index is 11.0. The smallest absolute Gasteiger partial charge is 0.264 e. The van der Waals surface area contributed by atoms with Crippen molar-refractivity contribution < 1.29 is 52.0 Å². The van der Waals surface area contributed by atoms with Crippen LogP contribution in [0.15, 0.2) is 0 Å². The Bertz CT molecular complexity index is 647. The molecule has 0 N–H and O–H groups in total. The van der Waals surface area contributed by atoms with Crippen LogP contribution < -0.4 is 0 Å². The summed E-state index contributed by atoms with van der Waals surface area (Å²) in [4.78, 5) is 0. The Kier molecular flexibility index (Phi) is 9.50. The molecule has 1 fully saturated rings. The summed E-state index contributed by atoms with van der Waals surface area (Å²) in [6.07, 6.45) is 0.0987. The molecule has 0 bridgehead atoms. The summed E-state index contributed by atoms with van der Waals surface area (Å²) in [5, 5.41) is 0. The first kappa shape index (κ1) is 24.6. The van der Waals surface area contributed by atoms with Crippen molar-refractivity contribution in [3.05, 3.63) is 0 Å². The van der Waals surface area contributed by atoms with Crippen LogP contribution in [0, 0.1) is 0 Å². The summed E-state index contributed by atoms with van der Waals surface area (Å²) in [5.41, 5.74) is 0. The van der Waals surface area contributed by atoms with Gasteiger partial charge in [-0.2, -0.15) is 25.3 Å². The Morgan fingerprint density at radius 3 is 0.963 bits per heavy atom. The van der Waals surface area contributed by atoms with Crippen molar-refractivity contribution in [1.29, 1.82) is 0 Å². The fourth-order valence-electron chi connectivity index (χ4n) is 1.90. The predicted octanol–water partition coefficient (Wildman–Crippen LogP) is -0.873. The highest BCUT2D eigenvalue weighted by Crippen LogP contribution is 2.22. The van der Waals surface area contributed by atoms with Crippen molar-refractivity contribution in [2.75, 3.05) is 38.6 Å². The predicted molar refractivity (Wildman–Crippen MR) is 90.9 cm³/mol. The minimum absolute atomic E-state index is 0.0449. The molecule has 0 spiro atoms. The topological polar surface area (TPSA) is 158 Å². The maximum absolute atomic E-state index is 11.0. The van der Waals surface area contributed by atoms with E-state index in [1.54, 1.807) is 0 Å². The molecular weight excluding hydrogens is 432 g/mol. The zero-order valence-corrected chi connectivity index (χ0v) is 17.5. The Labute approximate surface area is 159 Å². The van der Waals surface area contributed by atoms with Gasteiger partial charge in [-0.3, -0.25) is 12.5 Å². The van der Waals surface area contributed by atoms with E-state index in [9.17, 15) is 25.3 Å². The van der Waals surface area contributed by atoms with E-state index in [2.05, 4.69) is 12.5 Å². The molecule has 1 rings (SSSR count). The first-order chi connectivity index (χ1) is 12.2. The lowest BCUT2D eigenvalue weighted by Crippen LogP contribution is -2.42. The van der Waals surface area contributed by atoms with Gasteiger partial charge in [-0.25, -0.2) is 0 Å². The largest absolute Gasteiger partial charge is 0.323 e. The molecule has 15 heteroatoms. The van der Waals surface area contributed by atoms with E-state index in [4.69, 9.17) is 14.2 Å². The summed E-state index contributed by atoms with van der Waals surface area (Å²) < 4.78 is 96.2. The molecular formula is C12H24O12S3. The van der Waals surface area contributed by atoms with Crippen LogP contribution in [-0.4, -0.2) is 82.7 Å². The third kappa shape index (κ3) is 13.4. The second-order valence-corrected chi connectivity index (χ2v) is 10.6. The monoisotopic (exact) mass is 456 g/mol. The molecule has 162 valence electrons. The number of hydrogen-bond donors (Lipinski definition) is 0. The molecule has 1 heterocycles. The van der Waals surface area contributed by atoms with E-state index in [-0.39, 0.29) is 39.1 Å². The lowest BCUT2D eigenvalue weighted by Gasteiger charge is -2.35. The molecule has 0 aromatic rings. The van der Waals surface area contributed by atoms with Crippen LogP contribution in [0.25, 0.3) is 0 Å². The molecule has 0 saturated carbocycles. The summed E-state index contributed by atoms with van der Waals surface area (Å²) in [7, 11) is -10.9. The molecule has 12 nitrogen and oxygen atoms in total. The van der Waals surface area contributed by atoms with Crippen LogP contribution in [0.5, 0.6) is 0 Å². The third-order valence-electron chi connectivity index (χ3n) is 2.86. The molecule has 1 saturated heterocycles. The van der Waals surface area contributed by atoms with E-state index >= 15 is 0 Å². The fraction of sp³-hybridized carbons (Fsp3) is 1.00. The Balaban J connectivity index is 2.58. The van der Waals surface area contributed by atoms with Crippen LogP contribution in [0.2, 0.25) is 0 Å². The van der Waals surface area contributed by atoms with Gasteiger partial charge >= 0.3 is 0 Å². The lowest BCUT2D eigenvalue weighted by atomic mass is 10.3. The first-order valence-electron chi connectivity index (χ1n) is 7.73. The molecule has 1 aliphatic rings. The number of ether oxygens (including phenoxy) is 3. The van der Waals surface area contributed by atoms with Crippen molar-refractivity contribution in [2.45, 2.75) is 38.1 Å². The van der Waals surface area contributed by atoms with Crippen LogP contribution >= 0.6 is 0 Å². The minimum Gasteiger partial charge on any atom is -0.323 e. The van der Waals surface area contributed by atoms with Crippen LogP contribution in [0.4, 0.5) is 0 Å². The van der Waals surface area contributed by atoms with Crippen molar-refractivity contribution in [2.24, 2.45) is 0 Å². The van der Waals surface area contributed by atoms with Crippen LogP contribution in [-0.2, 0) is 57.1 Å². The fourth-order valence-corrected chi connectivity index (χ4v) is 3.10. The summed E-state index contributed by atoms with van der Waals surface area (Å²) in [6.45, 7) is -0.617. The van der Waals surface area contributed by atoms with Gasteiger partial charge in [0.15, 0.2) is 18.9 Å². The third-order valence-corrected chi connectivity index (χ3v) is 4.65. The Morgan fingerprint density at radius 1 is 0.556 bits per heavy atom. The Morgan fingerprint density at radius 2 is 0.778 bits per heavy atom. The van der Waals surface area contributed by atoms with E-state index in [0.717, 1.165) is 18.8 Å². The average Bonchev–Trinajstić information content (AvgIpc) is 2.43. The van der Waals surface area contributed by atoms with E-state index < -0.39 is 49.2 Å². The first-order valence-corrected chi connectivity index (χ1v) is 13.2. The zero-order valence-electron chi connectivity index (χ0n) is 15.1. The van der Waals surface area contributed by atoms with Crippen molar-refractivity contribution >= 4 is 30.4 Å². The van der Waals surface area contributed by atoms with Gasteiger partial charge in [-0.15, -0.1) is 0 Å². The van der Waals surface area contributed by atoms with Gasteiger partial charge in [-0.1, -0.05) is 0 Å². The number of hydrogen-bond acceptors (Lipinski definition) is 12. The molecule has 0 atom stereocenters. The molecule has 0 amide bonds. The van der Waals surface area contributed by atoms with Crippen molar-refractivity contribution in [3.8, 4) is 0 Å². The molecule has 0 aromatic carbocycles. The van der Waals surface area contributed by atoms with Gasteiger partial charge < -0.3 is 14.2 Å². The lowest BCUT2D eigenvalue weighted by molar-refractivity contribution is -0.387. The highest BCUT2D eigenvalue weighted by molar-refractivity contribution is 7.86. The molecule has 0 radical (unpaired) electrons. The van der Waals surface area contributed by atoms with Crippen LogP contribution in [0.1, 0.15) is 19.3 Å². The van der Waals surface area contributed by atoms with E-state index in [1.165, 1.54) is 0 Å². The average molecular weight is 457 g/mol. The van der Waals surface area contributed by atoms with E-state index in [1.807, 2.05) is 0 Å². The zero-order chi connectivity index (χ0) is 20.7. The van der Waals surface area contributed by atoms with Crippen LogP contribution in [0.3, 0.4) is 0 Å². The van der Waals surface area contributed by atoms with Gasteiger partial charge in [0, 0.05) is 19.3 Å². The van der Waals surface area contributed by atoms with Crippen molar-refractivity contribution in [1.82, 2.24) is 0 Å². The highest BCUT2D eigenvalue weighted by atomic mass is 32.2. The molecule has 0 unspecified atom stereocenters. The standard InChI is InChI=1S/C12H24O12S3/c1-25(13,14)19-7-4-10-22-11(5-8-20-26(2,15)16)24-12(23-10)6-9-21-27(3,17)18/h10-12H,4-9H2,1-3H3. The van der Waals surface area contributed by atoms with Gasteiger partial charge in [0.25, 0.3) is 30.4 Å². The molecule has 27 heavy (non-hydrogen) atoms.